The Hall–Kier alpha value is -2.76. The molecule has 0 fully saturated rings. The van der Waals surface area contributed by atoms with Crippen LogP contribution in [0.5, 0.6) is 0 Å². The molecule has 142 valence electrons. The molecule has 27 heavy (non-hydrogen) atoms. The molecule has 2 N–H and O–H groups in total. The molecule has 2 aromatic carbocycles. The molecule has 0 radical (unpaired) electrons. The Morgan fingerprint density at radius 2 is 1.93 bits per heavy atom. The average Bonchev–Trinajstić information content (AvgIpc) is 3.05. The van der Waals surface area contributed by atoms with Crippen LogP contribution in [0.4, 0.5) is 8.78 Å². The molecular weight excluding hydrogens is 350 g/mol. The highest BCUT2D eigenvalue weighted by Gasteiger charge is 2.33. The van der Waals surface area contributed by atoms with Gasteiger partial charge in [-0.1, -0.05) is 50.2 Å². The SMILES string of the molecule is CC(C)[C@H](C1=N[C@@H](Cc2ccccc2)CO1)c1ccc(F)c(C(N)=O)c1F. The van der Waals surface area contributed by atoms with Crippen LogP contribution in [0.25, 0.3) is 0 Å². The van der Waals surface area contributed by atoms with E-state index in [1.807, 2.05) is 44.2 Å². The minimum absolute atomic E-state index is 0.0669. The summed E-state index contributed by atoms with van der Waals surface area (Å²) >= 11 is 0. The third-order valence-electron chi connectivity index (χ3n) is 4.68. The second-order valence-electron chi connectivity index (χ2n) is 7.03. The highest BCUT2D eigenvalue weighted by atomic mass is 19.1. The summed E-state index contributed by atoms with van der Waals surface area (Å²) in [5, 5.41) is 0. The van der Waals surface area contributed by atoms with Gasteiger partial charge in [0, 0.05) is 5.56 Å². The Balaban J connectivity index is 1.92. The van der Waals surface area contributed by atoms with Crippen molar-refractivity contribution in [1.82, 2.24) is 0 Å². The van der Waals surface area contributed by atoms with Gasteiger partial charge in [0.05, 0.1) is 12.0 Å². The zero-order valence-corrected chi connectivity index (χ0v) is 15.3. The number of aliphatic imine (C=N–C) groups is 1. The first-order valence-corrected chi connectivity index (χ1v) is 8.90. The predicted molar refractivity (Wildman–Crippen MR) is 99.8 cm³/mol. The first-order chi connectivity index (χ1) is 12.9. The summed E-state index contributed by atoms with van der Waals surface area (Å²) in [5.74, 6) is -3.23. The summed E-state index contributed by atoms with van der Waals surface area (Å²) in [6, 6.07) is 12.2. The van der Waals surface area contributed by atoms with E-state index in [0.29, 0.717) is 18.9 Å². The van der Waals surface area contributed by atoms with Gasteiger partial charge in [-0.3, -0.25) is 4.79 Å². The monoisotopic (exact) mass is 372 g/mol. The van der Waals surface area contributed by atoms with Gasteiger partial charge in [0.25, 0.3) is 5.91 Å². The molecule has 0 aliphatic carbocycles. The fourth-order valence-corrected chi connectivity index (χ4v) is 3.41. The highest BCUT2D eigenvalue weighted by molar-refractivity contribution is 5.94. The highest BCUT2D eigenvalue weighted by Crippen LogP contribution is 2.33. The Bertz CT molecular complexity index is 866. The van der Waals surface area contributed by atoms with Crippen LogP contribution in [0.1, 0.15) is 41.3 Å². The van der Waals surface area contributed by atoms with Gasteiger partial charge < -0.3 is 10.5 Å². The van der Waals surface area contributed by atoms with Gasteiger partial charge in [-0.15, -0.1) is 0 Å². The molecule has 1 amide bonds. The number of carbonyl (C=O) groups excluding carboxylic acids is 1. The van der Waals surface area contributed by atoms with Crippen molar-refractivity contribution in [2.24, 2.45) is 16.6 Å². The number of amides is 1. The van der Waals surface area contributed by atoms with Gasteiger partial charge >= 0.3 is 0 Å². The molecule has 0 bridgehead atoms. The number of hydrogen-bond donors (Lipinski definition) is 1. The molecular formula is C21H22F2N2O2. The quantitative estimate of drug-likeness (QED) is 0.837. The zero-order chi connectivity index (χ0) is 19.6. The molecule has 1 aliphatic heterocycles. The van der Waals surface area contributed by atoms with E-state index in [0.717, 1.165) is 11.6 Å². The van der Waals surface area contributed by atoms with Crippen molar-refractivity contribution in [3.63, 3.8) is 0 Å². The van der Waals surface area contributed by atoms with Crippen molar-refractivity contribution in [3.05, 3.63) is 70.8 Å². The van der Waals surface area contributed by atoms with E-state index in [9.17, 15) is 13.6 Å². The van der Waals surface area contributed by atoms with Crippen molar-refractivity contribution in [2.75, 3.05) is 6.61 Å². The number of primary amides is 1. The molecule has 2 atom stereocenters. The molecule has 0 spiro atoms. The minimum Gasteiger partial charge on any atom is -0.478 e. The first kappa shape index (κ1) is 19.0. The smallest absolute Gasteiger partial charge is 0.254 e. The maximum atomic E-state index is 14.8. The largest absolute Gasteiger partial charge is 0.478 e. The number of nitrogens with zero attached hydrogens (tertiary/aromatic N) is 1. The third-order valence-corrected chi connectivity index (χ3v) is 4.68. The first-order valence-electron chi connectivity index (χ1n) is 8.90. The van der Waals surface area contributed by atoms with Crippen LogP contribution in [0.3, 0.4) is 0 Å². The van der Waals surface area contributed by atoms with Crippen LogP contribution in [-0.4, -0.2) is 24.5 Å². The summed E-state index contributed by atoms with van der Waals surface area (Å²) in [5.41, 5.74) is 5.72. The van der Waals surface area contributed by atoms with Gasteiger partial charge in [-0.25, -0.2) is 13.8 Å². The Morgan fingerprint density at radius 3 is 2.56 bits per heavy atom. The number of halogens is 2. The second kappa shape index (κ2) is 7.86. The van der Waals surface area contributed by atoms with Crippen LogP contribution in [-0.2, 0) is 11.2 Å². The van der Waals surface area contributed by atoms with E-state index in [1.165, 1.54) is 6.07 Å². The van der Waals surface area contributed by atoms with E-state index in [4.69, 9.17) is 10.5 Å². The summed E-state index contributed by atoms with van der Waals surface area (Å²) in [7, 11) is 0. The van der Waals surface area contributed by atoms with Crippen LogP contribution in [0, 0.1) is 17.6 Å². The zero-order valence-electron chi connectivity index (χ0n) is 15.3. The maximum Gasteiger partial charge on any atom is 0.254 e. The molecule has 0 saturated heterocycles. The fourth-order valence-electron chi connectivity index (χ4n) is 3.41. The number of carbonyl (C=O) groups is 1. The van der Waals surface area contributed by atoms with Crippen LogP contribution in [0.2, 0.25) is 0 Å². The molecule has 0 saturated carbocycles. The normalized spacial score (nSPS) is 17.5. The van der Waals surface area contributed by atoms with E-state index in [1.54, 1.807) is 0 Å². The standard InChI is InChI=1S/C21H22F2N2O2/c1-12(2)17(15-8-9-16(22)18(19(15)23)20(24)26)21-25-14(11-27-21)10-13-6-4-3-5-7-13/h3-9,12,14,17H,10-11H2,1-2H3,(H2,24,26)/t14-,17-/m0/s1. The number of rotatable bonds is 6. The van der Waals surface area contributed by atoms with Crippen LogP contribution in [0.15, 0.2) is 47.5 Å². The van der Waals surface area contributed by atoms with Crippen molar-refractivity contribution in [1.29, 1.82) is 0 Å². The second-order valence-corrected chi connectivity index (χ2v) is 7.03. The van der Waals surface area contributed by atoms with E-state index in [2.05, 4.69) is 4.99 Å². The lowest BCUT2D eigenvalue weighted by Crippen LogP contribution is -2.23. The van der Waals surface area contributed by atoms with E-state index < -0.39 is 29.0 Å². The van der Waals surface area contributed by atoms with Crippen molar-refractivity contribution in [3.8, 4) is 0 Å². The third kappa shape index (κ3) is 3.99. The maximum absolute atomic E-state index is 14.8. The topological polar surface area (TPSA) is 64.7 Å². The van der Waals surface area contributed by atoms with Gasteiger partial charge in [0.2, 0.25) is 0 Å². The number of nitrogens with two attached hydrogens (primary N) is 1. The van der Waals surface area contributed by atoms with Gasteiger partial charge in [-0.05, 0) is 24.0 Å². The summed E-state index contributed by atoms with van der Waals surface area (Å²) in [4.78, 5) is 16.1. The summed E-state index contributed by atoms with van der Waals surface area (Å²) in [6.45, 7) is 4.19. The van der Waals surface area contributed by atoms with Gasteiger partial charge in [0.15, 0.2) is 5.90 Å². The molecule has 1 aliphatic rings. The molecule has 3 rings (SSSR count). The predicted octanol–water partition coefficient (Wildman–Crippen LogP) is 3.84. The lowest BCUT2D eigenvalue weighted by atomic mass is 9.86. The molecule has 1 heterocycles. The number of hydrogen-bond acceptors (Lipinski definition) is 3. The number of ether oxygens (including phenoxy) is 1. The van der Waals surface area contributed by atoms with Gasteiger partial charge in [0.1, 0.15) is 23.8 Å². The molecule has 4 nitrogen and oxygen atoms in total. The van der Waals surface area contributed by atoms with E-state index >= 15 is 0 Å². The van der Waals surface area contributed by atoms with Crippen LogP contribution >= 0.6 is 0 Å². The Kier molecular flexibility index (Phi) is 5.54. The number of benzene rings is 2. The average molecular weight is 372 g/mol. The van der Waals surface area contributed by atoms with E-state index in [-0.39, 0.29) is 17.5 Å². The van der Waals surface area contributed by atoms with Crippen molar-refractivity contribution in [2.45, 2.75) is 32.2 Å². The molecule has 2 aromatic rings. The lowest BCUT2D eigenvalue weighted by molar-refractivity contribution is 0.0992. The molecule has 0 unspecified atom stereocenters. The fraction of sp³-hybridized carbons (Fsp3) is 0.333. The lowest BCUT2D eigenvalue weighted by Gasteiger charge is -2.22. The van der Waals surface area contributed by atoms with Gasteiger partial charge in [-0.2, -0.15) is 0 Å². The Morgan fingerprint density at radius 1 is 1.22 bits per heavy atom. The van der Waals surface area contributed by atoms with Crippen LogP contribution < -0.4 is 5.73 Å². The minimum atomic E-state index is -1.13. The summed E-state index contributed by atoms with van der Waals surface area (Å²) < 4.78 is 34.4. The van der Waals surface area contributed by atoms with Crippen molar-refractivity contribution < 1.29 is 18.3 Å². The molecule has 6 heteroatoms. The Labute approximate surface area is 157 Å². The summed E-state index contributed by atoms with van der Waals surface area (Å²) in [6.07, 6.45) is 0.716. The molecule has 0 aromatic heterocycles. The van der Waals surface area contributed by atoms with Crippen molar-refractivity contribution >= 4 is 11.8 Å².